The number of aryl methyl sites for hydroxylation is 2. The van der Waals surface area contributed by atoms with Crippen LogP contribution in [-0.4, -0.2) is 39.4 Å². The lowest BCUT2D eigenvalue weighted by atomic mass is 9.87. The Hall–Kier alpha value is -2.66. The Morgan fingerprint density at radius 2 is 1.75 bits per heavy atom. The average Bonchev–Trinajstić information content (AvgIpc) is 3.11. The van der Waals surface area contributed by atoms with Gasteiger partial charge in [-0.3, -0.25) is 9.78 Å². The molecule has 0 bridgehead atoms. The fraction of sp³-hybridized carbons (Fsp3) is 0.481. The lowest BCUT2D eigenvalue weighted by Gasteiger charge is -2.35. The Balaban J connectivity index is 1.66. The minimum absolute atomic E-state index is 0.0479. The quantitative estimate of drug-likeness (QED) is 0.578. The van der Waals surface area contributed by atoms with Gasteiger partial charge in [0.15, 0.2) is 0 Å². The van der Waals surface area contributed by atoms with Crippen LogP contribution in [0.4, 0.5) is 0 Å². The molecule has 0 radical (unpaired) electrons. The van der Waals surface area contributed by atoms with Gasteiger partial charge in [0.2, 0.25) is 5.91 Å². The third-order valence-corrected chi connectivity index (χ3v) is 6.62. The van der Waals surface area contributed by atoms with Gasteiger partial charge >= 0.3 is 0 Å². The van der Waals surface area contributed by atoms with E-state index < -0.39 is 5.54 Å². The molecule has 0 saturated carbocycles. The number of carbonyl (C=O) groups is 1. The molecule has 1 aliphatic heterocycles. The first-order chi connectivity index (χ1) is 15.0. The molecule has 1 aromatic carbocycles. The van der Waals surface area contributed by atoms with E-state index in [2.05, 4.69) is 68.0 Å². The Morgan fingerprint density at radius 1 is 1.12 bits per heavy atom. The lowest BCUT2D eigenvalue weighted by Crippen LogP contribution is -2.53. The summed E-state index contributed by atoms with van der Waals surface area (Å²) in [6, 6.07) is 11.2. The van der Waals surface area contributed by atoms with Gasteiger partial charge in [-0.25, -0.2) is 0 Å². The molecule has 0 unspecified atom stereocenters. The monoisotopic (exact) mass is 432 g/mol. The number of H-pyrrole nitrogens is 1. The number of carbonyl (C=O) groups excluding carboxylic acids is 1. The Labute approximate surface area is 191 Å². The Kier molecular flexibility index (Phi) is 5.89. The van der Waals surface area contributed by atoms with Crippen molar-refractivity contribution >= 4 is 16.8 Å². The van der Waals surface area contributed by atoms with Crippen LogP contribution in [0.1, 0.15) is 74.9 Å². The van der Waals surface area contributed by atoms with Crippen LogP contribution in [0, 0.1) is 13.8 Å². The number of hydrogen-bond acceptors (Lipinski definition) is 3. The minimum Gasteiger partial charge on any atom is -0.354 e. The molecule has 0 aliphatic carbocycles. The molecule has 2 aromatic heterocycles. The number of nitrogens with two attached hydrogens (primary N) is 1. The summed E-state index contributed by atoms with van der Waals surface area (Å²) in [6.45, 7) is 13.7. The smallest absolute Gasteiger partial charge is 0.242 e. The maximum absolute atomic E-state index is 12.5. The summed E-state index contributed by atoms with van der Waals surface area (Å²) < 4.78 is 0. The van der Waals surface area contributed by atoms with Crippen molar-refractivity contribution in [2.45, 2.75) is 71.8 Å². The molecule has 0 spiro atoms. The van der Waals surface area contributed by atoms with Gasteiger partial charge in [-0.2, -0.15) is 0 Å². The molecular weight excluding hydrogens is 396 g/mol. The molecular formula is C27H36N4O. The molecule has 3 N–H and O–H groups in total. The van der Waals surface area contributed by atoms with Gasteiger partial charge < -0.3 is 15.6 Å². The fourth-order valence-electron chi connectivity index (χ4n) is 5.11. The molecule has 1 aliphatic rings. The number of aromatic nitrogens is 2. The Morgan fingerprint density at radius 3 is 2.31 bits per heavy atom. The van der Waals surface area contributed by atoms with Crippen LogP contribution in [-0.2, 0) is 4.79 Å². The number of amides is 1. The highest BCUT2D eigenvalue weighted by atomic mass is 16.2. The van der Waals surface area contributed by atoms with Crippen molar-refractivity contribution in [3.05, 3.63) is 52.8 Å². The fourth-order valence-corrected chi connectivity index (χ4v) is 5.11. The standard InChI is InChI=1S/C27H36N4O/c1-16(2)24-22-15-20(19-9-11-31(12-10-19)26(32)27(5,6)28)7-8-23(22)30-25(24)21-13-17(3)29-18(4)14-21/h7-8,13-16,19,30H,9-12,28H2,1-6H3. The van der Waals surface area contributed by atoms with E-state index in [1.807, 2.05) is 4.90 Å². The SMILES string of the molecule is Cc1cc(-c2[nH]c3ccc(C4CCN(C(=O)C(C)(C)N)CC4)cc3c2C(C)C)cc(C)n1. The summed E-state index contributed by atoms with van der Waals surface area (Å²) >= 11 is 0. The lowest BCUT2D eigenvalue weighted by molar-refractivity contribution is -0.136. The number of pyridine rings is 1. The molecule has 3 heterocycles. The first-order valence-corrected chi connectivity index (χ1v) is 11.7. The second kappa shape index (κ2) is 8.36. The summed E-state index contributed by atoms with van der Waals surface area (Å²) in [7, 11) is 0. The van der Waals surface area contributed by atoms with Crippen LogP contribution in [0.2, 0.25) is 0 Å². The van der Waals surface area contributed by atoms with Crippen LogP contribution >= 0.6 is 0 Å². The number of benzene rings is 1. The topological polar surface area (TPSA) is 75.0 Å². The highest BCUT2D eigenvalue weighted by Gasteiger charge is 2.31. The number of likely N-dealkylation sites (tertiary alicyclic amines) is 1. The van der Waals surface area contributed by atoms with Crippen molar-refractivity contribution in [3.63, 3.8) is 0 Å². The maximum atomic E-state index is 12.5. The normalized spacial score (nSPS) is 15.7. The highest BCUT2D eigenvalue weighted by molar-refractivity contribution is 5.92. The van der Waals surface area contributed by atoms with Gasteiger partial charge in [0.05, 0.1) is 11.2 Å². The summed E-state index contributed by atoms with van der Waals surface area (Å²) in [6.07, 6.45) is 1.95. The third kappa shape index (κ3) is 4.31. The first kappa shape index (κ1) is 22.5. The minimum atomic E-state index is -0.802. The van der Waals surface area contributed by atoms with Crippen LogP contribution in [0.5, 0.6) is 0 Å². The average molecular weight is 433 g/mol. The molecule has 0 atom stereocenters. The zero-order chi connectivity index (χ0) is 23.2. The van der Waals surface area contributed by atoms with E-state index in [0.717, 1.165) is 37.3 Å². The van der Waals surface area contributed by atoms with E-state index >= 15 is 0 Å². The van der Waals surface area contributed by atoms with Crippen LogP contribution < -0.4 is 5.73 Å². The van der Waals surface area contributed by atoms with Crippen molar-refractivity contribution in [1.29, 1.82) is 0 Å². The second-order valence-electron chi connectivity index (χ2n) is 10.3. The van der Waals surface area contributed by atoms with Crippen molar-refractivity contribution in [3.8, 4) is 11.3 Å². The van der Waals surface area contributed by atoms with Crippen LogP contribution in [0.15, 0.2) is 30.3 Å². The molecule has 32 heavy (non-hydrogen) atoms. The van der Waals surface area contributed by atoms with Gasteiger partial charge in [0, 0.05) is 40.9 Å². The van der Waals surface area contributed by atoms with E-state index in [4.69, 9.17) is 5.73 Å². The van der Waals surface area contributed by atoms with Gasteiger partial charge in [-0.15, -0.1) is 0 Å². The Bertz CT molecular complexity index is 1120. The van der Waals surface area contributed by atoms with Gasteiger partial charge in [-0.05, 0) is 87.8 Å². The molecule has 1 fully saturated rings. The van der Waals surface area contributed by atoms with E-state index in [9.17, 15) is 4.79 Å². The van der Waals surface area contributed by atoms with Crippen molar-refractivity contribution in [1.82, 2.24) is 14.9 Å². The predicted octanol–water partition coefficient (Wildman–Crippen LogP) is 5.41. The summed E-state index contributed by atoms with van der Waals surface area (Å²) in [5.41, 5.74) is 13.6. The molecule has 170 valence electrons. The van der Waals surface area contributed by atoms with Crippen molar-refractivity contribution < 1.29 is 4.79 Å². The number of nitrogens with zero attached hydrogens (tertiary/aromatic N) is 2. The van der Waals surface area contributed by atoms with E-state index in [-0.39, 0.29) is 5.91 Å². The number of hydrogen-bond donors (Lipinski definition) is 2. The third-order valence-electron chi connectivity index (χ3n) is 6.62. The summed E-state index contributed by atoms with van der Waals surface area (Å²) in [5, 5.41) is 1.31. The van der Waals surface area contributed by atoms with E-state index in [1.54, 1.807) is 13.8 Å². The molecule has 4 rings (SSSR count). The number of piperidine rings is 1. The van der Waals surface area contributed by atoms with Crippen molar-refractivity contribution in [2.24, 2.45) is 5.73 Å². The van der Waals surface area contributed by atoms with Gasteiger partial charge in [-0.1, -0.05) is 19.9 Å². The second-order valence-corrected chi connectivity index (χ2v) is 10.3. The first-order valence-electron chi connectivity index (χ1n) is 11.7. The zero-order valence-electron chi connectivity index (χ0n) is 20.2. The maximum Gasteiger partial charge on any atom is 0.242 e. The summed E-state index contributed by atoms with van der Waals surface area (Å²) in [5.74, 6) is 0.911. The molecule has 1 saturated heterocycles. The predicted molar refractivity (Wildman–Crippen MR) is 132 cm³/mol. The number of nitrogens with one attached hydrogen (secondary N) is 1. The summed E-state index contributed by atoms with van der Waals surface area (Å²) in [4.78, 5) is 22.7. The number of aromatic amines is 1. The number of rotatable bonds is 4. The number of fused-ring (bicyclic) bond motifs is 1. The van der Waals surface area contributed by atoms with Crippen molar-refractivity contribution in [2.75, 3.05) is 13.1 Å². The van der Waals surface area contributed by atoms with Crippen LogP contribution in [0.3, 0.4) is 0 Å². The van der Waals surface area contributed by atoms with Crippen LogP contribution in [0.25, 0.3) is 22.2 Å². The molecule has 3 aromatic rings. The zero-order valence-corrected chi connectivity index (χ0v) is 20.2. The highest BCUT2D eigenvalue weighted by Crippen LogP contribution is 2.38. The molecule has 5 nitrogen and oxygen atoms in total. The molecule has 5 heteroatoms. The molecule has 1 amide bonds. The largest absolute Gasteiger partial charge is 0.354 e. The van der Waals surface area contributed by atoms with E-state index in [0.29, 0.717) is 11.8 Å². The van der Waals surface area contributed by atoms with Gasteiger partial charge in [0.25, 0.3) is 0 Å². The van der Waals surface area contributed by atoms with Gasteiger partial charge in [0.1, 0.15) is 0 Å². The van der Waals surface area contributed by atoms with E-state index in [1.165, 1.54) is 33.3 Å².